The predicted octanol–water partition coefficient (Wildman–Crippen LogP) is 3.20. The number of carbonyl (C=O) groups is 2. The van der Waals surface area contributed by atoms with Crippen LogP contribution in [-0.2, 0) is 22.4 Å². The first-order valence-corrected chi connectivity index (χ1v) is 11.3. The number of hydrogen-bond acceptors (Lipinski definition) is 5. The lowest BCUT2D eigenvalue weighted by Crippen LogP contribution is -2.33. The molecule has 2 aliphatic heterocycles. The molecule has 2 aliphatic carbocycles. The molecule has 2 atom stereocenters. The lowest BCUT2D eigenvalue weighted by Gasteiger charge is -2.19. The van der Waals surface area contributed by atoms with E-state index in [0.717, 1.165) is 66.9 Å². The predicted molar refractivity (Wildman–Crippen MR) is 127 cm³/mol. The van der Waals surface area contributed by atoms with Crippen molar-refractivity contribution < 1.29 is 9.59 Å². The Bertz CT molecular complexity index is 1080. The molecular weight excluding hydrogens is 402 g/mol. The minimum atomic E-state index is -0.770. The van der Waals surface area contributed by atoms with Crippen molar-refractivity contribution in [2.24, 2.45) is 15.7 Å². The quantitative estimate of drug-likeness (QED) is 0.598. The SMILES string of the molecule is CC1N=C2CCCc3cccc(c32)NC1=O.NC1N=C2CCCc3cccc(c32)NC1=O. The molecule has 2 unspecified atom stereocenters. The van der Waals surface area contributed by atoms with Gasteiger partial charge in [-0.1, -0.05) is 24.3 Å². The average molecular weight is 430 g/mol. The Morgan fingerprint density at radius 3 is 1.91 bits per heavy atom. The van der Waals surface area contributed by atoms with Crippen LogP contribution in [0.3, 0.4) is 0 Å². The fourth-order valence-corrected chi connectivity index (χ4v) is 4.87. The Hall–Kier alpha value is -3.32. The molecule has 164 valence electrons. The number of hydrogen-bond donors (Lipinski definition) is 3. The maximum absolute atomic E-state index is 11.8. The molecule has 0 spiro atoms. The highest BCUT2D eigenvalue weighted by Gasteiger charge is 2.27. The van der Waals surface area contributed by atoms with E-state index in [9.17, 15) is 9.59 Å². The van der Waals surface area contributed by atoms with E-state index >= 15 is 0 Å². The minimum absolute atomic E-state index is 0.00435. The molecule has 0 fully saturated rings. The Morgan fingerprint density at radius 2 is 1.31 bits per heavy atom. The summed E-state index contributed by atoms with van der Waals surface area (Å²) in [6.45, 7) is 1.85. The van der Waals surface area contributed by atoms with Crippen molar-refractivity contribution in [1.29, 1.82) is 0 Å². The molecule has 0 bridgehead atoms. The molecule has 0 saturated heterocycles. The molecule has 2 amide bonds. The maximum Gasteiger partial charge on any atom is 0.263 e. The second kappa shape index (κ2) is 8.31. The fraction of sp³-hybridized carbons (Fsp3) is 0.360. The number of nitrogens with zero attached hydrogens (tertiary/aromatic N) is 2. The first-order chi connectivity index (χ1) is 15.5. The first kappa shape index (κ1) is 20.6. The van der Waals surface area contributed by atoms with E-state index < -0.39 is 6.17 Å². The Kier molecular flexibility index (Phi) is 5.35. The summed E-state index contributed by atoms with van der Waals surface area (Å²) in [6.07, 6.45) is 5.48. The van der Waals surface area contributed by atoms with E-state index in [1.165, 1.54) is 16.7 Å². The molecule has 0 radical (unpaired) electrons. The van der Waals surface area contributed by atoms with E-state index in [1.54, 1.807) is 0 Å². The van der Waals surface area contributed by atoms with Gasteiger partial charge >= 0.3 is 0 Å². The number of nitrogens with two attached hydrogens (primary N) is 1. The van der Waals surface area contributed by atoms with Crippen molar-refractivity contribution >= 4 is 34.6 Å². The van der Waals surface area contributed by atoms with Crippen LogP contribution >= 0.6 is 0 Å². The van der Waals surface area contributed by atoms with Gasteiger partial charge in [0.25, 0.3) is 5.91 Å². The zero-order valence-electron chi connectivity index (χ0n) is 18.1. The molecule has 4 N–H and O–H groups in total. The van der Waals surface area contributed by atoms with Crippen LogP contribution < -0.4 is 16.4 Å². The standard InChI is InChI=1S/C13H14N2O.C12H13N3O/c1-8-13(16)15-11-7-3-5-9-4-2-6-10(14-8)12(9)11;13-11-12(16)15-9-6-2-4-7-3-1-5-8(14-11)10(7)9/h3,5,7-8H,2,4,6H2,1H3,(H,15,16);2,4,6,11H,1,3,5,13H2,(H,15,16). The van der Waals surface area contributed by atoms with Crippen molar-refractivity contribution in [2.45, 2.75) is 57.7 Å². The molecule has 7 nitrogen and oxygen atoms in total. The van der Waals surface area contributed by atoms with E-state index in [-0.39, 0.29) is 17.9 Å². The van der Waals surface area contributed by atoms with Gasteiger partial charge in [0.1, 0.15) is 6.04 Å². The summed E-state index contributed by atoms with van der Waals surface area (Å²) in [5.74, 6) is -0.231. The van der Waals surface area contributed by atoms with Crippen LogP contribution in [0.1, 0.15) is 54.9 Å². The number of rotatable bonds is 0. The summed E-state index contributed by atoms with van der Waals surface area (Å²) in [5.41, 5.74) is 14.4. The topological polar surface area (TPSA) is 109 Å². The van der Waals surface area contributed by atoms with Gasteiger partial charge in [0, 0.05) is 22.6 Å². The summed E-state index contributed by atoms with van der Waals surface area (Å²) in [4.78, 5) is 32.2. The zero-order chi connectivity index (χ0) is 22.2. The van der Waals surface area contributed by atoms with Crippen LogP contribution in [0, 0.1) is 0 Å². The van der Waals surface area contributed by atoms with Gasteiger partial charge in [-0.05, 0) is 68.7 Å². The fourth-order valence-electron chi connectivity index (χ4n) is 4.87. The molecule has 2 aromatic carbocycles. The van der Waals surface area contributed by atoms with E-state index in [4.69, 9.17) is 5.73 Å². The van der Waals surface area contributed by atoms with Crippen LogP contribution in [0.4, 0.5) is 11.4 Å². The largest absolute Gasteiger partial charge is 0.324 e. The van der Waals surface area contributed by atoms with Gasteiger partial charge in [0.2, 0.25) is 5.91 Å². The molecule has 2 aromatic rings. The molecule has 0 aromatic heterocycles. The highest BCUT2D eigenvalue weighted by molar-refractivity contribution is 6.14. The number of anilines is 2. The monoisotopic (exact) mass is 429 g/mol. The molecular formula is C25H27N5O2. The summed E-state index contributed by atoms with van der Waals surface area (Å²) in [6, 6.07) is 11.8. The van der Waals surface area contributed by atoms with Crippen molar-refractivity contribution in [3.8, 4) is 0 Å². The molecule has 7 heteroatoms. The summed E-state index contributed by atoms with van der Waals surface area (Å²) in [5, 5.41) is 5.79. The van der Waals surface area contributed by atoms with Crippen LogP contribution in [-0.4, -0.2) is 35.4 Å². The number of nitrogens with one attached hydrogen (secondary N) is 2. The number of amides is 2. The number of carbonyl (C=O) groups excluding carboxylic acids is 2. The number of aryl methyl sites for hydroxylation is 2. The van der Waals surface area contributed by atoms with Gasteiger partial charge in [-0.25, -0.2) is 0 Å². The highest BCUT2D eigenvalue weighted by atomic mass is 16.2. The Balaban J connectivity index is 0.000000135. The van der Waals surface area contributed by atoms with Crippen LogP contribution in [0.2, 0.25) is 0 Å². The third kappa shape index (κ3) is 3.73. The smallest absolute Gasteiger partial charge is 0.263 e. The van der Waals surface area contributed by atoms with Crippen molar-refractivity contribution in [3.05, 3.63) is 58.7 Å². The maximum atomic E-state index is 11.8. The third-order valence-electron chi connectivity index (χ3n) is 6.41. The molecule has 2 heterocycles. The van der Waals surface area contributed by atoms with Gasteiger partial charge in [-0.3, -0.25) is 19.6 Å². The minimum Gasteiger partial charge on any atom is -0.324 e. The van der Waals surface area contributed by atoms with Crippen LogP contribution in [0.15, 0.2) is 46.4 Å². The zero-order valence-corrected chi connectivity index (χ0v) is 18.1. The second-order valence-corrected chi connectivity index (χ2v) is 8.64. The third-order valence-corrected chi connectivity index (χ3v) is 6.41. The molecule has 6 rings (SSSR count). The van der Waals surface area contributed by atoms with Gasteiger partial charge in [-0.15, -0.1) is 0 Å². The summed E-state index contributed by atoms with van der Waals surface area (Å²) < 4.78 is 0. The molecule has 32 heavy (non-hydrogen) atoms. The Morgan fingerprint density at radius 1 is 0.781 bits per heavy atom. The van der Waals surface area contributed by atoms with Crippen LogP contribution in [0.25, 0.3) is 0 Å². The van der Waals surface area contributed by atoms with Crippen molar-refractivity contribution in [2.75, 3.05) is 10.6 Å². The van der Waals surface area contributed by atoms with Gasteiger partial charge in [-0.2, -0.15) is 0 Å². The first-order valence-electron chi connectivity index (χ1n) is 11.3. The lowest BCUT2D eigenvalue weighted by molar-refractivity contribution is -0.117. The summed E-state index contributed by atoms with van der Waals surface area (Å²) in [7, 11) is 0. The average Bonchev–Trinajstić information content (AvgIpc) is 2.99. The van der Waals surface area contributed by atoms with E-state index in [1.807, 2.05) is 31.2 Å². The highest BCUT2D eigenvalue weighted by Crippen LogP contribution is 2.31. The van der Waals surface area contributed by atoms with E-state index in [0.29, 0.717) is 0 Å². The van der Waals surface area contributed by atoms with Gasteiger partial charge in [0.05, 0.1) is 11.4 Å². The Labute approximate surface area is 187 Å². The normalized spacial score (nSPS) is 22.9. The lowest BCUT2D eigenvalue weighted by atomic mass is 9.89. The van der Waals surface area contributed by atoms with Crippen molar-refractivity contribution in [3.63, 3.8) is 0 Å². The van der Waals surface area contributed by atoms with Gasteiger partial charge < -0.3 is 16.4 Å². The molecule has 4 aliphatic rings. The van der Waals surface area contributed by atoms with Crippen molar-refractivity contribution in [1.82, 2.24) is 0 Å². The second-order valence-electron chi connectivity index (χ2n) is 8.64. The van der Waals surface area contributed by atoms with Crippen LogP contribution in [0.5, 0.6) is 0 Å². The summed E-state index contributed by atoms with van der Waals surface area (Å²) >= 11 is 0. The molecule has 0 saturated carbocycles. The van der Waals surface area contributed by atoms with Gasteiger partial charge in [0.15, 0.2) is 6.17 Å². The number of aliphatic imine (C=N–C) groups is 2. The number of benzene rings is 2. The van der Waals surface area contributed by atoms with E-state index in [2.05, 4.69) is 32.8 Å².